The molecule has 2 unspecified atom stereocenters. The third kappa shape index (κ3) is 41.4. The van der Waals surface area contributed by atoms with Crippen LogP contribution < -0.4 is 0 Å². The molecule has 0 amide bonds. The highest BCUT2D eigenvalue weighted by atomic mass is 17.5. The number of carbonyl (C=O) groups excluding carboxylic acids is 2. The van der Waals surface area contributed by atoms with Gasteiger partial charge in [0.2, 0.25) is 0 Å². The van der Waals surface area contributed by atoms with Crippen molar-refractivity contribution in [3.05, 3.63) is 0 Å². The van der Waals surface area contributed by atoms with E-state index >= 15 is 0 Å². The summed E-state index contributed by atoms with van der Waals surface area (Å²) >= 11 is 0. The van der Waals surface area contributed by atoms with E-state index in [1.807, 2.05) is 0 Å². The van der Waals surface area contributed by atoms with Crippen LogP contribution in [0.15, 0.2) is 0 Å². The Hall–Kier alpha value is -1.10. The molecule has 5 heteroatoms. The minimum Gasteiger partial charge on any atom is -0.259 e. The van der Waals surface area contributed by atoms with Gasteiger partial charge in [-0.25, -0.2) is 9.59 Å². The van der Waals surface area contributed by atoms with Crippen molar-refractivity contribution < 1.29 is 24.4 Å². The van der Waals surface area contributed by atoms with Crippen LogP contribution in [-0.2, 0) is 24.4 Å². The molecule has 5 nitrogen and oxygen atoms in total. The summed E-state index contributed by atoms with van der Waals surface area (Å²) in [6, 6.07) is 0. The Morgan fingerprint density at radius 2 is 0.421 bits per heavy atom. The minimum atomic E-state index is -0.370. The van der Waals surface area contributed by atoms with Crippen molar-refractivity contribution in [2.75, 3.05) is 0 Å². The standard InChI is InChI=1S/C52H102O5/c1-5-9-13-17-21-23-25-27-29-31-33-35-39-43-47-49(45-41-37-19-15-11-7-3)51(53)55-57-56-52(54)50(46-42-38-20-16-12-8-4)48-44-40-36-34-32-30-28-26-24-22-18-14-10-6-2/h49-50H,5-48H2,1-4H3. The summed E-state index contributed by atoms with van der Waals surface area (Å²) in [5.41, 5.74) is 0. The van der Waals surface area contributed by atoms with Crippen LogP contribution in [0.1, 0.15) is 310 Å². The first-order valence-electron chi connectivity index (χ1n) is 26.2. The first-order valence-corrected chi connectivity index (χ1v) is 26.2. The number of rotatable bonds is 48. The molecular weight excluding hydrogens is 705 g/mol. The summed E-state index contributed by atoms with van der Waals surface area (Å²) in [6.45, 7) is 9.05. The molecule has 0 radical (unpaired) electrons. The van der Waals surface area contributed by atoms with Crippen LogP contribution in [-0.4, -0.2) is 11.9 Å². The molecule has 0 aliphatic carbocycles. The SMILES string of the molecule is CCCCCCCCCCCCCCCCC(CCCCCCCC)C(=O)OOOC(=O)C(CCCCCCCC)CCCCCCCCCCCCCCCC. The topological polar surface area (TPSA) is 61.8 Å². The van der Waals surface area contributed by atoms with E-state index in [1.165, 1.54) is 205 Å². The molecular formula is C52H102O5. The average Bonchev–Trinajstić information content (AvgIpc) is 3.21. The average molecular weight is 807 g/mol. The Kier molecular flexibility index (Phi) is 46.7. The Morgan fingerprint density at radius 1 is 0.263 bits per heavy atom. The smallest absolute Gasteiger partial charge is 0.259 e. The number of hydrogen-bond acceptors (Lipinski definition) is 5. The molecule has 0 saturated carbocycles. The van der Waals surface area contributed by atoms with Crippen molar-refractivity contribution in [1.29, 1.82) is 0 Å². The maximum absolute atomic E-state index is 13.2. The van der Waals surface area contributed by atoms with Crippen LogP contribution in [0.2, 0.25) is 0 Å². The molecule has 0 aromatic heterocycles. The summed E-state index contributed by atoms with van der Waals surface area (Å²) in [7, 11) is 0. The summed E-state index contributed by atoms with van der Waals surface area (Å²) in [6.07, 6.45) is 54.8. The molecule has 0 aliphatic heterocycles. The van der Waals surface area contributed by atoms with E-state index in [0.29, 0.717) is 0 Å². The second-order valence-corrected chi connectivity index (χ2v) is 18.1. The second-order valence-electron chi connectivity index (χ2n) is 18.1. The van der Waals surface area contributed by atoms with E-state index in [0.717, 1.165) is 77.0 Å². The second kappa shape index (κ2) is 47.6. The minimum absolute atomic E-state index is 0.193. The zero-order valence-electron chi connectivity index (χ0n) is 39.3. The van der Waals surface area contributed by atoms with Crippen LogP contribution in [0.5, 0.6) is 0 Å². The van der Waals surface area contributed by atoms with E-state index < -0.39 is 0 Å². The Morgan fingerprint density at radius 3 is 0.596 bits per heavy atom. The van der Waals surface area contributed by atoms with Crippen LogP contribution in [0.25, 0.3) is 0 Å². The molecule has 0 heterocycles. The molecule has 0 aromatic carbocycles. The lowest BCUT2D eigenvalue weighted by Gasteiger charge is -2.16. The van der Waals surface area contributed by atoms with Crippen molar-refractivity contribution in [1.82, 2.24) is 0 Å². The fourth-order valence-corrected chi connectivity index (χ4v) is 8.49. The Bertz CT molecular complexity index is 735. The highest BCUT2D eigenvalue weighted by Gasteiger charge is 2.24. The van der Waals surface area contributed by atoms with Gasteiger partial charge in [0.25, 0.3) is 0 Å². The fraction of sp³-hybridized carbons (Fsp3) is 0.962. The summed E-state index contributed by atoms with van der Waals surface area (Å²) in [5.74, 6) is -1.13. The van der Waals surface area contributed by atoms with Crippen LogP contribution in [0.4, 0.5) is 0 Å². The van der Waals surface area contributed by atoms with Crippen LogP contribution in [0.3, 0.4) is 0 Å². The molecule has 0 rings (SSSR count). The fourth-order valence-electron chi connectivity index (χ4n) is 8.49. The van der Waals surface area contributed by atoms with E-state index in [9.17, 15) is 9.59 Å². The quantitative estimate of drug-likeness (QED) is 0.0348. The third-order valence-electron chi connectivity index (χ3n) is 12.5. The van der Waals surface area contributed by atoms with Gasteiger partial charge in [0, 0.05) is 5.04 Å². The molecule has 0 fully saturated rings. The molecule has 2 atom stereocenters. The van der Waals surface area contributed by atoms with Gasteiger partial charge in [0.05, 0.1) is 11.8 Å². The highest BCUT2D eigenvalue weighted by Crippen LogP contribution is 2.24. The first-order chi connectivity index (χ1) is 28.1. The van der Waals surface area contributed by atoms with Gasteiger partial charge in [0.1, 0.15) is 0 Å². The maximum atomic E-state index is 13.2. The first kappa shape index (κ1) is 55.9. The molecule has 0 N–H and O–H groups in total. The molecule has 0 aromatic rings. The lowest BCUT2D eigenvalue weighted by Crippen LogP contribution is -2.22. The predicted molar refractivity (Wildman–Crippen MR) is 246 cm³/mol. The molecule has 0 saturated heterocycles. The highest BCUT2D eigenvalue weighted by molar-refractivity contribution is 5.72. The molecule has 0 bridgehead atoms. The third-order valence-corrected chi connectivity index (χ3v) is 12.5. The van der Waals surface area contributed by atoms with Crippen molar-refractivity contribution in [2.45, 2.75) is 310 Å². The van der Waals surface area contributed by atoms with Gasteiger partial charge in [-0.2, -0.15) is 0 Å². The number of unbranched alkanes of at least 4 members (excludes halogenated alkanes) is 36. The molecule has 0 aliphatic rings. The Balaban J connectivity index is 4.58. The van der Waals surface area contributed by atoms with E-state index in [2.05, 4.69) is 27.7 Å². The summed E-state index contributed by atoms with van der Waals surface area (Å²) in [5, 5.41) is 4.99. The molecule has 0 spiro atoms. The Labute approximate surface area is 357 Å². The van der Waals surface area contributed by atoms with E-state index in [1.54, 1.807) is 0 Å². The van der Waals surface area contributed by atoms with Gasteiger partial charge in [-0.05, 0) is 25.7 Å². The van der Waals surface area contributed by atoms with Gasteiger partial charge in [-0.1, -0.05) is 285 Å². The number of hydrogen-bond donors (Lipinski definition) is 0. The zero-order chi connectivity index (χ0) is 41.5. The largest absolute Gasteiger partial charge is 0.349 e. The molecule has 340 valence electrons. The van der Waals surface area contributed by atoms with Gasteiger partial charge in [0.15, 0.2) is 0 Å². The van der Waals surface area contributed by atoms with Crippen LogP contribution >= 0.6 is 0 Å². The summed E-state index contributed by atoms with van der Waals surface area (Å²) < 4.78 is 0. The molecule has 57 heavy (non-hydrogen) atoms. The van der Waals surface area contributed by atoms with Crippen molar-refractivity contribution in [3.8, 4) is 0 Å². The monoisotopic (exact) mass is 807 g/mol. The van der Waals surface area contributed by atoms with Crippen molar-refractivity contribution >= 4 is 11.9 Å². The van der Waals surface area contributed by atoms with E-state index in [4.69, 9.17) is 14.8 Å². The predicted octanol–water partition coefficient (Wildman–Crippen LogP) is 18.4. The van der Waals surface area contributed by atoms with Gasteiger partial charge < -0.3 is 0 Å². The zero-order valence-corrected chi connectivity index (χ0v) is 39.3. The number of carbonyl (C=O) groups is 2. The maximum Gasteiger partial charge on any atom is 0.349 e. The van der Waals surface area contributed by atoms with Gasteiger partial charge in [-0.15, -0.1) is 0 Å². The lowest BCUT2D eigenvalue weighted by molar-refractivity contribution is -0.462. The normalized spacial score (nSPS) is 12.6. The van der Waals surface area contributed by atoms with Gasteiger partial charge >= 0.3 is 11.9 Å². The lowest BCUT2D eigenvalue weighted by atomic mass is 9.94. The van der Waals surface area contributed by atoms with Crippen molar-refractivity contribution in [2.24, 2.45) is 11.8 Å². The van der Waals surface area contributed by atoms with Crippen LogP contribution in [0, 0.1) is 11.8 Å². The van der Waals surface area contributed by atoms with E-state index in [-0.39, 0.29) is 23.8 Å². The van der Waals surface area contributed by atoms with Crippen molar-refractivity contribution in [3.63, 3.8) is 0 Å². The van der Waals surface area contributed by atoms with Gasteiger partial charge in [-0.3, -0.25) is 9.78 Å². The summed E-state index contributed by atoms with van der Waals surface area (Å²) in [4.78, 5) is 36.8.